The SMILES string of the molecule is C[Si](C)(C)CCOCn1ccc2cnc(Cl)cc21. The molecular weight excluding hydrogens is 264 g/mol. The Kier molecular flexibility index (Phi) is 4.09. The van der Waals surface area contributed by atoms with Gasteiger partial charge in [-0.2, -0.15) is 0 Å². The molecule has 0 atom stereocenters. The second-order valence-electron chi connectivity index (χ2n) is 5.70. The molecule has 0 aliphatic heterocycles. The zero-order valence-electron chi connectivity index (χ0n) is 11.1. The molecule has 0 aliphatic rings. The van der Waals surface area contributed by atoms with Crippen molar-refractivity contribution in [3.8, 4) is 0 Å². The summed E-state index contributed by atoms with van der Waals surface area (Å²) in [6.45, 7) is 8.47. The lowest BCUT2D eigenvalue weighted by Crippen LogP contribution is -2.21. The fourth-order valence-corrected chi connectivity index (χ4v) is 2.62. The van der Waals surface area contributed by atoms with Crippen molar-refractivity contribution in [2.75, 3.05) is 6.61 Å². The monoisotopic (exact) mass is 282 g/mol. The zero-order valence-corrected chi connectivity index (χ0v) is 12.9. The molecule has 0 N–H and O–H groups in total. The Morgan fingerprint density at radius 2 is 2.17 bits per heavy atom. The van der Waals surface area contributed by atoms with E-state index < -0.39 is 8.07 Å². The molecule has 3 nitrogen and oxygen atoms in total. The summed E-state index contributed by atoms with van der Waals surface area (Å²) in [5, 5.41) is 1.61. The summed E-state index contributed by atoms with van der Waals surface area (Å²) in [5.74, 6) is 0. The highest BCUT2D eigenvalue weighted by Crippen LogP contribution is 2.18. The van der Waals surface area contributed by atoms with Crippen molar-refractivity contribution in [2.45, 2.75) is 32.4 Å². The fourth-order valence-electron chi connectivity index (χ4n) is 1.71. The van der Waals surface area contributed by atoms with Crippen LogP contribution in [-0.4, -0.2) is 24.2 Å². The molecular formula is C13H19ClN2OSi. The number of fused-ring (bicyclic) bond motifs is 1. The van der Waals surface area contributed by atoms with E-state index >= 15 is 0 Å². The van der Waals surface area contributed by atoms with E-state index in [0.717, 1.165) is 17.5 Å². The number of nitrogens with zero attached hydrogens (tertiary/aromatic N) is 2. The average Bonchev–Trinajstić information content (AvgIpc) is 2.66. The predicted octanol–water partition coefficient (Wildman–Crippen LogP) is 4.00. The molecule has 2 rings (SSSR count). The van der Waals surface area contributed by atoms with Crippen LogP contribution < -0.4 is 0 Å². The van der Waals surface area contributed by atoms with Crippen molar-refractivity contribution in [1.82, 2.24) is 9.55 Å². The number of hydrogen-bond acceptors (Lipinski definition) is 2. The van der Waals surface area contributed by atoms with Gasteiger partial charge in [0.25, 0.3) is 0 Å². The molecule has 5 heteroatoms. The van der Waals surface area contributed by atoms with Crippen molar-refractivity contribution in [3.63, 3.8) is 0 Å². The molecule has 0 aliphatic carbocycles. The van der Waals surface area contributed by atoms with E-state index in [0.29, 0.717) is 11.9 Å². The van der Waals surface area contributed by atoms with Crippen molar-refractivity contribution in [3.05, 3.63) is 29.7 Å². The largest absolute Gasteiger partial charge is 0.361 e. The van der Waals surface area contributed by atoms with Gasteiger partial charge in [-0.3, -0.25) is 0 Å². The molecule has 0 saturated carbocycles. The second-order valence-corrected chi connectivity index (χ2v) is 11.7. The van der Waals surface area contributed by atoms with Gasteiger partial charge in [0.15, 0.2) is 0 Å². The Hall–Kier alpha value is -0.843. The van der Waals surface area contributed by atoms with E-state index in [2.05, 4.69) is 29.2 Å². The predicted molar refractivity (Wildman–Crippen MR) is 78.8 cm³/mol. The van der Waals surface area contributed by atoms with E-state index in [1.54, 1.807) is 6.20 Å². The molecule has 0 saturated heterocycles. The number of aromatic nitrogens is 2. The standard InChI is InChI=1S/C13H19ClN2OSi/c1-18(2,3)7-6-17-10-16-5-4-11-9-15-13(14)8-12(11)16/h4-5,8-9H,6-7,10H2,1-3H3. The number of hydrogen-bond donors (Lipinski definition) is 0. The van der Waals surface area contributed by atoms with Gasteiger partial charge < -0.3 is 9.30 Å². The smallest absolute Gasteiger partial charge is 0.131 e. The minimum atomic E-state index is -1.01. The van der Waals surface area contributed by atoms with Gasteiger partial charge in [0.2, 0.25) is 0 Å². The van der Waals surface area contributed by atoms with Gasteiger partial charge in [-0.25, -0.2) is 4.98 Å². The Balaban J connectivity index is 1.98. The van der Waals surface area contributed by atoms with E-state index in [-0.39, 0.29) is 0 Å². The molecule has 18 heavy (non-hydrogen) atoms. The van der Waals surface area contributed by atoms with Gasteiger partial charge in [-0.05, 0) is 18.2 Å². The molecule has 0 amide bonds. The third-order valence-electron chi connectivity index (χ3n) is 2.85. The first-order chi connectivity index (χ1) is 8.46. The average molecular weight is 283 g/mol. The van der Waals surface area contributed by atoms with Gasteiger partial charge in [-0.1, -0.05) is 31.2 Å². The molecule has 0 aromatic carbocycles. The third-order valence-corrected chi connectivity index (χ3v) is 4.76. The molecule has 98 valence electrons. The minimum Gasteiger partial charge on any atom is -0.361 e. The molecule has 2 aromatic heterocycles. The highest BCUT2D eigenvalue weighted by Gasteiger charge is 2.12. The Bertz CT molecular complexity index is 533. The lowest BCUT2D eigenvalue weighted by molar-refractivity contribution is 0.0902. The Morgan fingerprint density at radius 3 is 2.89 bits per heavy atom. The second kappa shape index (κ2) is 5.43. The van der Waals surface area contributed by atoms with Gasteiger partial charge >= 0.3 is 0 Å². The van der Waals surface area contributed by atoms with Gasteiger partial charge in [0.1, 0.15) is 11.9 Å². The first-order valence-electron chi connectivity index (χ1n) is 6.14. The highest BCUT2D eigenvalue weighted by atomic mass is 35.5. The molecule has 0 radical (unpaired) electrons. The van der Waals surface area contributed by atoms with Crippen molar-refractivity contribution < 1.29 is 4.74 Å². The first kappa shape index (κ1) is 13.6. The maximum Gasteiger partial charge on any atom is 0.131 e. The quantitative estimate of drug-likeness (QED) is 0.471. The van der Waals surface area contributed by atoms with Crippen molar-refractivity contribution in [1.29, 1.82) is 0 Å². The van der Waals surface area contributed by atoms with E-state index in [9.17, 15) is 0 Å². The van der Waals surface area contributed by atoms with Crippen LogP contribution in [-0.2, 0) is 11.5 Å². The topological polar surface area (TPSA) is 27.1 Å². The van der Waals surface area contributed by atoms with Crippen LogP contribution in [0.1, 0.15) is 0 Å². The lowest BCUT2D eigenvalue weighted by atomic mass is 10.3. The van der Waals surface area contributed by atoms with Gasteiger partial charge in [0.05, 0.1) is 5.52 Å². The number of halogens is 1. The minimum absolute atomic E-state index is 0.518. The molecule has 2 aromatic rings. The third kappa shape index (κ3) is 3.57. The summed E-state index contributed by atoms with van der Waals surface area (Å²) < 4.78 is 7.80. The van der Waals surface area contributed by atoms with Crippen LogP contribution in [0, 0.1) is 0 Å². The number of pyridine rings is 1. The molecule has 2 heterocycles. The normalized spacial score (nSPS) is 12.2. The molecule has 0 bridgehead atoms. The van der Waals surface area contributed by atoms with Crippen LogP contribution in [0.5, 0.6) is 0 Å². The van der Waals surface area contributed by atoms with Crippen molar-refractivity contribution in [2.24, 2.45) is 0 Å². The number of rotatable bonds is 5. The van der Waals surface area contributed by atoms with E-state index in [1.807, 2.05) is 18.3 Å². The molecule has 0 unspecified atom stereocenters. The fraction of sp³-hybridized carbons (Fsp3) is 0.462. The van der Waals surface area contributed by atoms with Crippen LogP contribution in [0.4, 0.5) is 0 Å². The first-order valence-corrected chi connectivity index (χ1v) is 10.2. The van der Waals surface area contributed by atoms with Crippen LogP contribution in [0.2, 0.25) is 30.8 Å². The van der Waals surface area contributed by atoms with E-state index in [4.69, 9.17) is 16.3 Å². The van der Waals surface area contributed by atoms with Crippen LogP contribution >= 0.6 is 11.6 Å². The van der Waals surface area contributed by atoms with Crippen LogP contribution in [0.3, 0.4) is 0 Å². The highest BCUT2D eigenvalue weighted by molar-refractivity contribution is 6.76. The van der Waals surface area contributed by atoms with Gasteiger partial charge in [0, 0.05) is 32.5 Å². The summed E-state index contributed by atoms with van der Waals surface area (Å²) in [7, 11) is -1.01. The lowest BCUT2D eigenvalue weighted by Gasteiger charge is -2.15. The Morgan fingerprint density at radius 1 is 1.39 bits per heavy atom. The van der Waals surface area contributed by atoms with Crippen LogP contribution in [0.15, 0.2) is 24.5 Å². The van der Waals surface area contributed by atoms with Gasteiger partial charge in [-0.15, -0.1) is 0 Å². The maximum atomic E-state index is 5.91. The van der Waals surface area contributed by atoms with Crippen molar-refractivity contribution >= 4 is 30.6 Å². The van der Waals surface area contributed by atoms with Crippen LogP contribution in [0.25, 0.3) is 10.9 Å². The van der Waals surface area contributed by atoms with E-state index in [1.165, 1.54) is 6.04 Å². The Labute approximate surface area is 114 Å². The summed E-state index contributed by atoms with van der Waals surface area (Å²) in [6.07, 6.45) is 3.80. The number of ether oxygens (including phenoxy) is 1. The summed E-state index contributed by atoms with van der Waals surface area (Å²) >= 11 is 5.91. The summed E-state index contributed by atoms with van der Waals surface area (Å²) in [4.78, 5) is 4.07. The maximum absolute atomic E-state index is 5.91. The molecule has 0 spiro atoms. The summed E-state index contributed by atoms with van der Waals surface area (Å²) in [6, 6.07) is 5.09. The molecule has 0 fully saturated rings. The summed E-state index contributed by atoms with van der Waals surface area (Å²) in [5.41, 5.74) is 1.07. The zero-order chi connectivity index (χ0) is 13.2.